The van der Waals surface area contributed by atoms with Crippen LogP contribution in [0, 0.1) is 12.3 Å². The van der Waals surface area contributed by atoms with Crippen LogP contribution in [0.1, 0.15) is 32.0 Å². The fourth-order valence-corrected chi connectivity index (χ4v) is 5.37. The minimum absolute atomic E-state index is 0.0779. The van der Waals surface area contributed by atoms with Crippen molar-refractivity contribution in [1.29, 1.82) is 0 Å². The molecule has 140 valence electrons. The maximum absolute atomic E-state index is 12.8. The van der Waals surface area contributed by atoms with E-state index < -0.39 is 10.0 Å². The number of imidazole rings is 1. The predicted molar refractivity (Wildman–Crippen MR) is 98.8 cm³/mol. The summed E-state index contributed by atoms with van der Waals surface area (Å²) in [5.41, 5.74) is 1.76. The monoisotopic (exact) mass is 375 g/mol. The number of aryl methyl sites for hydroxylation is 1. The van der Waals surface area contributed by atoms with Gasteiger partial charge in [0.2, 0.25) is 15.9 Å². The van der Waals surface area contributed by atoms with E-state index >= 15 is 0 Å². The summed E-state index contributed by atoms with van der Waals surface area (Å²) in [4.78, 5) is 4.88. The van der Waals surface area contributed by atoms with Crippen molar-refractivity contribution in [2.75, 3.05) is 19.7 Å². The number of hydrogen-bond donors (Lipinski definition) is 0. The second-order valence-corrected chi connectivity index (χ2v) is 10.6. The van der Waals surface area contributed by atoms with Crippen molar-refractivity contribution < 1.29 is 13.2 Å². The average Bonchev–Trinajstić information content (AvgIpc) is 2.95. The fraction of sp³-hybridized carbons (Fsp3) is 0.526. The highest BCUT2D eigenvalue weighted by Crippen LogP contribution is 2.42. The molecule has 1 aromatic heterocycles. The van der Waals surface area contributed by atoms with Gasteiger partial charge >= 0.3 is 0 Å². The van der Waals surface area contributed by atoms with E-state index in [4.69, 9.17) is 4.74 Å². The van der Waals surface area contributed by atoms with Gasteiger partial charge in [0.05, 0.1) is 23.2 Å². The van der Waals surface area contributed by atoms with Crippen molar-refractivity contribution in [1.82, 2.24) is 13.9 Å². The lowest BCUT2D eigenvalue weighted by Crippen LogP contribution is -2.63. The quantitative estimate of drug-likeness (QED) is 0.809. The first-order valence-electron chi connectivity index (χ1n) is 8.86. The number of rotatable bonds is 2. The number of fused-ring (bicyclic) bond motifs is 1. The van der Waals surface area contributed by atoms with Gasteiger partial charge in [-0.05, 0) is 19.1 Å². The molecule has 2 aliphatic rings. The Morgan fingerprint density at radius 3 is 2.38 bits per heavy atom. The Morgan fingerprint density at radius 1 is 1.12 bits per heavy atom. The Kier molecular flexibility index (Phi) is 3.76. The van der Waals surface area contributed by atoms with Gasteiger partial charge < -0.3 is 9.30 Å². The largest absolute Gasteiger partial charge is 0.477 e. The molecule has 0 aliphatic carbocycles. The van der Waals surface area contributed by atoms with Gasteiger partial charge in [-0.3, -0.25) is 0 Å². The van der Waals surface area contributed by atoms with E-state index in [-0.39, 0.29) is 10.8 Å². The third-order valence-corrected chi connectivity index (χ3v) is 7.01. The van der Waals surface area contributed by atoms with Crippen molar-refractivity contribution in [2.24, 2.45) is 5.41 Å². The van der Waals surface area contributed by atoms with Gasteiger partial charge in [0.1, 0.15) is 5.69 Å². The van der Waals surface area contributed by atoms with E-state index in [0.717, 1.165) is 23.7 Å². The van der Waals surface area contributed by atoms with Crippen LogP contribution >= 0.6 is 0 Å². The summed E-state index contributed by atoms with van der Waals surface area (Å²) < 4.78 is 35.2. The molecule has 0 amide bonds. The molecule has 7 heteroatoms. The summed E-state index contributed by atoms with van der Waals surface area (Å²) in [5, 5.41) is 0. The highest BCUT2D eigenvalue weighted by atomic mass is 32.2. The van der Waals surface area contributed by atoms with Crippen molar-refractivity contribution in [3.63, 3.8) is 0 Å². The lowest BCUT2D eigenvalue weighted by Gasteiger charge is -2.50. The van der Waals surface area contributed by atoms with E-state index in [9.17, 15) is 8.42 Å². The highest BCUT2D eigenvalue weighted by Gasteiger charge is 2.51. The molecule has 0 atom stereocenters. The maximum Gasteiger partial charge on any atom is 0.243 e. The van der Waals surface area contributed by atoms with Crippen LogP contribution in [-0.2, 0) is 22.0 Å². The van der Waals surface area contributed by atoms with Crippen LogP contribution in [-0.4, -0.2) is 42.0 Å². The Labute approximate surface area is 154 Å². The maximum atomic E-state index is 12.8. The smallest absolute Gasteiger partial charge is 0.243 e. The zero-order valence-electron chi connectivity index (χ0n) is 15.7. The minimum atomic E-state index is -3.44. The lowest BCUT2D eigenvalue weighted by atomic mass is 9.81. The highest BCUT2D eigenvalue weighted by molar-refractivity contribution is 7.89. The molecule has 0 bridgehead atoms. The van der Waals surface area contributed by atoms with Gasteiger partial charge in [0, 0.05) is 25.0 Å². The zero-order valence-corrected chi connectivity index (χ0v) is 16.5. The summed E-state index contributed by atoms with van der Waals surface area (Å²) in [7, 11) is -3.44. The lowest BCUT2D eigenvalue weighted by molar-refractivity contribution is -0.0223. The van der Waals surface area contributed by atoms with Crippen molar-refractivity contribution in [3.05, 3.63) is 41.9 Å². The number of benzene rings is 1. The van der Waals surface area contributed by atoms with Gasteiger partial charge in [0.25, 0.3) is 0 Å². The number of hydrogen-bond acceptors (Lipinski definition) is 4. The molecule has 0 N–H and O–H groups in total. The Morgan fingerprint density at radius 2 is 1.77 bits per heavy atom. The van der Waals surface area contributed by atoms with E-state index in [1.165, 1.54) is 0 Å². The predicted octanol–water partition coefficient (Wildman–Crippen LogP) is 2.57. The molecular formula is C19H25N3O3S. The number of sulfonamides is 1. The third kappa shape index (κ3) is 2.74. The minimum Gasteiger partial charge on any atom is -0.477 e. The van der Waals surface area contributed by atoms with Crippen molar-refractivity contribution >= 4 is 10.0 Å². The third-order valence-electron chi connectivity index (χ3n) is 5.20. The molecular weight excluding hydrogens is 350 g/mol. The number of ether oxygens (including phenoxy) is 1. The standard InChI is InChI=1S/C19H25N3O3S/c1-14-5-7-15(8-6-14)26(23,24)22-10-19(11-22)9-21-13-20-16(18(2,3)4)17(21)25-12-19/h5-8,13H,9-12H2,1-4H3. The Balaban J connectivity index is 1.51. The molecule has 1 saturated heterocycles. The number of nitrogens with zero attached hydrogens (tertiary/aromatic N) is 3. The number of aromatic nitrogens is 2. The van der Waals surface area contributed by atoms with E-state index in [1.54, 1.807) is 16.4 Å². The van der Waals surface area contributed by atoms with E-state index in [1.807, 2.05) is 30.0 Å². The molecule has 1 aromatic carbocycles. The molecule has 1 fully saturated rings. The molecule has 6 nitrogen and oxygen atoms in total. The summed E-state index contributed by atoms with van der Waals surface area (Å²) in [6.45, 7) is 10.5. The molecule has 0 radical (unpaired) electrons. The molecule has 4 rings (SSSR count). The summed E-state index contributed by atoms with van der Waals surface area (Å²) >= 11 is 0. The van der Waals surface area contributed by atoms with Gasteiger partial charge in [-0.25, -0.2) is 13.4 Å². The van der Waals surface area contributed by atoms with Crippen LogP contribution in [0.5, 0.6) is 5.88 Å². The first kappa shape index (κ1) is 17.5. The molecule has 2 aromatic rings. The fourth-order valence-electron chi connectivity index (χ4n) is 3.70. The molecule has 3 heterocycles. The Hall–Kier alpha value is -1.86. The van der Waals surface area contributed by atoms with E-state index in [2.05, 4.69) is 25.8 Å². The van der Waals surface area contributed by atoms with Crippen LogP contribution < -0.4 is 4.74 Å². The van der Waals surface area contributed by atoms with Crippen LogP contribution in [0.2, 0.25) is 0 Å². The molecule has 0 unspecified atom stereocenters. The van der Waals surface area contributed by atoms with Crippen molar-refractivity contribution in [2.45, 2.75) is 44.6 Å². The van der Waals surface area contributed by atoms with E-state index in [0.29, 0.717) is 24.6 Å². The normalized spacial score (nSPS) is 19.7. The van der Waals surface area contributed by atoms with Crippen LogP contribution in [0.25, 0.3) is 0 Å². The van der Waals surface area contributed by atoms with Crippen LogP contribution in [0.3, 0.4) is 0 Å². The second-order valence-electron chi connectivity index (χ2n) is 8.65. The molecule has 0 saturated carbocycles. The molecule has 26 heavy (non-hydrogen) atoms. The van der Waals surface area contributed by atoms with Gasteiger partial charge in [0.15, 0.2) is 0 Å². The summed E-state index contributed by atoms with van der Waals surface area (Å²) in [6, 6.07) is 7.02. The summed E-state index contributed by atoms with van der Waals surface area (Å²) in [5.74, 6) is 0.822. The molecule has 2 aliphatic heterocycles. The first-order valence-corrected chi connectivity index (χ1v) is 10.3. The van der Waals surface area contributed by atoms with Gasteiger partial charge in [-0.1, -0.05) is 38.5 Å². The van der Waals surface area contributed by atoms with Crippen molar-refractivity contribution in [3.8, 4) is 5.88 Å². The first-order chi connectivity index (χ1) is 12.1. The zero-order chi connectivity index (χ0) is 18.7. The summed E-state index contributed by atoms with van der Waals surface area (Å²) in [6.07, 6.45) is 1.81. The van der Waals surface area contributed by atoms with Gasteiger partial charge in [-0.15, -0.1) is 0 Å². The topological polar surface area (TPSA) is 64.4 Å². The van der Waals surface area contributed by atoms with Crippen LogP contribution in [0.15, 0.2) is 35.5 Å². The Bertz CT molecular complexity index is 933. The second kappa shape index (κ2) is 5.57. The van der Waals surface area contributed by atoms with Crippen LogP contribution in [0.4, 0.5) is 0 Å². The molecule has 1 spiro atoms. The van der Waals surface area contributed by atoms with Gasteiger partial charge in [-0.2, -0.15) is 4.31 Å². The average molecular weight is 375 g/mol. The SMILES string of the molecule is Cc1ccc(S(=O)(=O)N2CC3(COc4c(C(C)(C)C)ncn4C3)C2)cc1.